The minimum Gasteiger partial charge on any atom is -0.411 e. The summed E-state index contributed by atoms with van der Waals surface area (Å²) in [6.07, 6.45) is 0. The molecule has 2 rings (SSSR count). The Bertz CT molecular complexity index is 668. The van der Waals surface area contributed by atoms with Gasteiger partial charge in [0.25, 0.3) is 5.91 Å². The third kappa shape index (κ3) is 2.83. The van der Waals surface area contributed by atoms with E-state index in [1.54, 1.807) is 37.3 Å². The Hall–Kier alpha value is -2.69. The van der Waals surface area contributed by atoms with Crippen molar-refractivity contribution in [3.05, 3.63) is 65.5 Å². The van der Waals surface area contributed by atoms with Gasteiger partial charge in [0.05, 0.1) is 17.0 Å². The molecule has 20 heavy (non-hydrogen) atoms. The molecule has 4 nitrogen and oxygen atoms in total. The molecular weight excluding hydrogens is 259 g/mol. The molecule has 0 bridgehead atoms. The highest BCUT2D eigenvalue weighted by molar-refractivity contribution is 6.10. The van der Waals surface area contributed by atoms with Crippen LogP contribution in [0.3, 0.4) is 0 Å². The first-order valence-corrected chi connectivity index (χ1v) is 5.97. The van der Waals surface area contributed by atoms with Crippen molar-refractivity contribution in [1.29, 1.82) is 0 Å². The Morgan fingerprint density at radius 3 is 2.35 bits per heavy atom. The highest BCUT2D eigenvalue weighted by Gasteiger charge is 2.13. The third-order valence-corrected chi connectivity index (χ3v) is 2.83. The molecule has 0 aliphatic rings. The zero-order chi connectivity index (χ0) is 14.5. The minimum absolute atomic E-state index is 0.0408. The standard InChI is InChI=1S/C15H13FN2O2/c1-10(18-20)11-6-3-5-9-14(11)17-15(19)12-7-2-4-8-13(12)16/h2-9,20H,1H3,(H,17,19)/b18-10+. The number of para-hydroxylation sites is 1. The van der Waals surface area contributed by atoms with Gasteiger partial charge in [0, 0.05) is 5.56 Å². The normalized spacial score (nSPS) is 11.2. The number of halogens is 1. The number of carbonyl (C=O) groups is 1. The van der Waals surface area contributed by atoms with Gasteiger partial charge >= 0.3 is 0 Å². The van der Waals surface area contributed by atoms with Crippen LogP contribution in [0, 0.1) is 5.82 Å². The molecule has 0 aliphatic carbocycles. The van der Waals surface area contributed by atoms with Crippen LogP contribution in [0.4, 0.5) is 10.1 Å². The predicted octanol–water partition coefficient (Wildman–Crippen LogP) is 3.28. The molecule has 0 radical (unpaired) electrons. The van der Waals surface area contributed by atoms with Gasteiger partial charge in [-0.1, -0.05) is 35.5 Å². The molecule has 0 unspecified atom stereocenters. The summed E-state index contributed by atoms with van der Waals surface area (Å²) in [6.45, 7) is 1.61. The zero-order valence-electron chi connectivity index (χ0n) is 10.8. The van der Waals surface area contributed by atoms with Crippen LogP contribution >= 0.6 is 0 Å². The van der Waals surface area contributed by atoms with Gasteiger partial charge in [-0.05, 0) is 25.1 Å². The summed E-state index contributed by atoms with van der Waals surface area (Å²) in [5.74, 6) is -1.14. The van der Waals surface area contributed by atoms with Crippen molar-refractivity contribution in [1.82, 2.24) is 0 Å². The lowest BCUT2D eigenvalue weighted by Crippen LogP contribution is -2.15. The maximum atomic E-state index is 13.5. The van der Waals surface area contributed by atoms with E-state index in [-0.39, 0.29) is 5.56 Å². The number of hydrogen-bond acceptors (Lipinski definition) is 3. The molecule has 2 aromatic rings. The molecular formula is C15H13FN2O2. The van der Waals surface area contributed by atoms with Crippen LogP contribution in [0.5, 0.6) is 0 Å². The molecule has 5 heteroatoms. The fraction of sp³-hybridized carbons (Fsp3) is 0.0667. The number of nitrogens with one attached hydrogen (secondary N) is 1. The number of oxime groups is 1. The van der Waals surface area contributed by atoms with Crippen molar-refractivity contribution in [3.63, 3.8) is 0 Å². The Morgan fingerprint density at radius 1 is 1.10 bits per heavy atom. The van der Waals surface area contributed by atoms with Crippen molar-refractivity contribution in [2.45, 2.75) is 6.92 Å². The van der Waals surface area contributed by atoms with Crippen molar-refractivity contribution in [3.8, 4) is 0 Å². The van der Waals surface area contributed by atoms with Crippen LogP contribution in [0.15, 0.2) is 53.7 Å². The van der Waals surface area contributed by atoms with E-state index in [4.69, 9.17) is 5.21 Å². The summed E-state index contributed by atoms with van der Waals surface area (Å²) >= 11 is 0. The maximum Gasteiger partial charge on any atom is 0.258 e. The van der Waals surface area contributed by atoms with Crippen LogP contribution in [-0.4, -0.2) is 16.8 Å². The van der Waals surface area contributed by atoms with Gasteiger partial charge in [-0.3, -0.25) is 4.79 Å². The van der Waals surface area contributed by atoms with Gasteiger partial charge in [-0.25, -0.2) is 4.39 Å². The van der Waals surface area contributed by atoms with E-state index in [2.05, 4.69) is 10.5 Å². The molecule has 0 spiro atoms. The lowest BCUT2D eigenvalue weighted by Gasteiger charge is -2.10. The number of anilines is 1. The summed E-state index contributed by atoms with van der Waals surface area (Å²) in [5.41, 5.74) is 1.34. The van der Waals surface area contributed by atoms with E-state index in [1.807, 2.05) is 0 Å². The van der Waals surface area contributed by atoms with Gasteiger partial charge < -0.3 is 10.5 Å². The second-order valence-electron chi connectivity index (χ2n) is 4.16. The Morgan fingerprint density at radius 2 is 1.70 bits per heavy atom. The van der Waals surface area contributed by atoms with Gasteiger partial charge in [0.15, 0.2) is 0 Å². The second kappa shape index (κ2) is 5.97. The van der Waals surface area contributed by atoms with Crippen LogP contribution in [0.25, 0.3) is 0 Å². The molecule has 2 N–H and O–H groups in total. The molecule has 0 aromatic heterocycles. The first kappa shape index (κ1) is 13.7. The Kier molecular flexibility index (Phi) is 4.10. The molecule has 102 valence electrons. The van der Waals surface area contributed by atoms with Crippen molar-refractivity contribution >= 4 is 17.3 Å². The lowest BCUT2D eigenvalue weighted by molar-refractivity contribution is 0.102. The highest BCUT2D eigenvalue weighted by atomic mass is 19.1. The summed E-state index contributed by atoms with van der Waals surface area (Å²) < 4.78 is 13.5. The van der Waals surface area contributed by atoms with Gasteiger partial charge in [-0.15, -0.1) is 0 Å². The van der Waals surface area contributed by atoms with E-state index in [9.17, 15) is 9.18 Å². The number of nitrogens with zero attached hydrogens (tertiary/aromatic N) is 1. The molecule has 0 atom stereocenters. The number of hydrogen-bond donors (Lipinski definition) is 2. The monoisotopic (exact) mass is 272 g/mol. The Labute approximate surface area is 115 Å². The van der Waals surface area contributed by atoms with E-state index in [0.717, 1.165) is 0 Å². The molecule has 2 aromatic carbocycles. The molecule has 1 amide bonds. The number of carbonyl (C=O) groups excluding carboxylic acids is 1. The van der Waals surface area contributed by atoms with E-state index >= 15 is 0 Å². The fourth-order valence-electron chi connectivity index (χ4n) is 1.80. The van der Waals surface area contributed by atoms with Crippen molar-refractivity contribution in [2.75, 3.05) is 5.32 Å². The SMILES string of the molecule is C/C(=N\O)c1ccccc1NC(=O)c1ccccc1F. The summed E-state index contributed by atoms with van der Waals surface area (Å²) in [4.78, 5) is 12.0. The molecule has 0 fully saturated rings. The Balaban J connectivity index is 2.32. The van der Waals surface area contributed by atoms with Crippen molar-refractivity contribution in [2.24, 2.45) is 5.16 Å². The molecule has 0 aliphatic heterocycles. The largest absolute Gasteiger partial charge is 0.411 e. The number of benzene rings is 2. The van der Waals surface area contributed by atoms with E-state index in [1.165, 1.54) is 18.2 Å². The van der Waals surface area contributed by atoms with Gasteiger partial charge in [0.1, 0.15) is 5.82 Å². The number of rotatable bonds is 3. The summed E-state index contributed by atoms with van der Waals surface area (Å²) in [7, 11) is 0. The quantitative estimate of drug-likeness (QED) is 0.511. The van der Waals surface area contributed by atoms with Gasteiger partial charge in [0.2, 0.25) is 0 Å². The number of amides is 1. The second-order valence-corrected chi connectivity index (χ2v) is 4.16. The summed E-state index contributed by atoms with van der Waals surface area (Å²) in [6, 6.07) is 12.6. The average Bonchev–Trinajstić information content (AvgIpc) is 2.47. The predicted molar refractivity (Wildman–Crippen MR) is 74.8 cm³/mol. The first-order chi connectivity index (χ1) is 9.63. The van der Waals surface area contributed by atoms with Crippen LogP contribution in [0.1, 0.15) is 22.8 Å². The zero-order valence-corrected chi connectivity index (χ0v) is 10.8. The van der Waals surface area contributed by atoms with E-state index in [0.29, 0.717) is 17.0 Å². The average molecular weight is 272 g/mol. The molecule has 0 saturated heterocycles. The molecule has 0 saturated carbocycles. The fourth-order valence-corrected chi connectivity index (χ4v) is 1.80. The van der Waals surface area contributed by atoms with Crippen molar-refractivity contribution < 1.29 is 14.4 Å². The maximum absolute atomic E-state index is 13.5. The lowest BCUT2D eigenvalue weighted by atomic mass is 10.1. The first-order valence-electron chi connectivity index (χ1n) is 5.97. The van der Waals surface area contributed by atoms with Crippen LogP contribution in [-0.2, 0) is 0 Å². The molecule has 0 heterocycles. The van der Waals surface area contributed by atoms with Crippen LogP contribution < -0.4 is 5.32 Å². The van der Waals surface area contributed by atoms with Gasteiger partial charge in [-0.2, -0.15) is 0 Å². The highest BCUT2D eigenvalue weighted by Crippen LogP contribution is 2.18. The smallest absolute Gasteiger partial charge is 0.258 e. The minimum atomic E-state index is -0.588. The van der Waals surface area contributed by atoms with E-state index < -0.39 is 11.7 Å². The third-order valence-electron chi connectivity index (χ3n) is 2.83. The summed E-state index contributed by atoms with van der Waals surface area (Å²) in [5, 5.41) is 14.5. The van der Waals surface area contributed by atoms with Crippen LogP contribution in [0.2, 0.25) is 0 Å². The topological polar surface area (TPSA) is 61.7 Å².